The average Bonchev–Trinajstić information content (AvgIpc) is 3.55. The Bertz CT molecular complexity index is 1840. The van der Waals surface area contributed by atoms with E-state index >= 15 is 0 Å². The van der Waals surface area contributed by atoms with Crippen LogP contribution in [-0.4, -0.2) is 67.4 Å². The summed E-state index contributed by atoms with van der Waals surface area (Å²) in [5, 5.41) is -0.646. The van der Waals surface area contributed by atoms with E-state index < -0.39 is 49.2 Å². The number of ether oxygens (including phenoxy) is 2. The number of aromatic nitrogens is 4. The highest BCUT2D eigenvalue weighted by Crippen LogP contribution is 2.56. The molecule has 50 heavy (non-hydrogen) atoms. The molecule has 3 aromatic rings. The maximum Gasteiger partial charge on any atom is 0.349 e. The molecule has 0 spiro atoms. The number of hydrogen-bond donors (Lipinski definition) is 1. The van der Waals surface area contributed by atoms with Crippen LogP contribution in [0.3, 0.4) is 0 Å². The first-order valence-electron chi connectivity index (χ1n) is 17.3. The Hall–Kier alpha value is -3.11. The fourth-order valence-corrected chi connectivity index (χ4v) is 13.9. The van der Waals surface area contributed by atoms with Gasteiger partial charge in [-0.1, -0.05) is 95.2 Å². The number of esters is 1. The van der Waals surface area contributed by atoms with Gasteiger partial charge in [-0.25, -0.2) is 4.98 Å². The van der Waals surface area contributed by atoms with E-state index in [1.807, 2.05) is 39.8 Å². The summed E-state index contributed by atoms with van der Waals surface area (Å²) in [6, 6.07) is 3.87. The van der Waals surface area contributed by atoms with Crippen LogP contribution < -0.4 is 9.92 Å². The van der Waals surface area contributed by atoms with Gasteiger partial charge < -0.3 is 28.2 Å². The quantitative estimate of drug-likeness (QED) is 0.146. The van der Waals surface area contributed by atoms with E-state index in [0.717, 1.165) is 5.56 Å². The van der Waals surface area contributed by atoms with Crippen LogP contribution in [0.25, 0.3) is 11.2 Å². The van der Waals surface area contributed by atoms with Gasteiger partial charge in [-0.15, -0.1) is 0 Å². The predicted octanol–water partition coefficient (Wildman–Crippen LogP) is 6.83. The molecule has 0 unspecified atom stereocenters. The van der Waals surface area contributed by atoms with Gasteiger partial charge >= 0.3 is 24.6 Å². The lowest BCUT2D eigenvalue weighted by Gasteiger charge is -2.53. The van der Waals surface area contributed by atoms with Gasteiger partial charge in [0.1, 0.15) is 17.1 Å². The number of carbonyl (C=O) groups is 1. The fraction of sp³-hybridized carbons (Fsp3) is 0.657. The summed E-state index contributed by atoms with van der Waals surface area (Å²) in [5.74, 6) is -1.10. The van der Waals surface area contributed by atoms with E-state index in [0.29, 0.717) is 11.1 Å². The van der Waals surface area contributed by atoms with Gasteiger partial charge in [0, 0.05) is 17.0 Å². The predicted molar refractivity (Wildman–Crippen MR) is 192 cm³/mol. The summed E-state index contributed by atoms with van der Waals surface area (Å²) < 4.78 is 61.8. The molecule has 2 aliphatic rings. The number of anilines is 1. The van der Waals surface area contributed by atoms with Crippen LogP contribution in [-0.2, 0) is 33.2 Å². The number of nitrogen functional groups attached to an aromatic ring is 1. The number of hydrogen-bond acceptors (Lipinski definition) is 12. The third-order valence-corrected chi connectivity index (χ3v) is 16.0. The number of benzene rings is 1. The van der Waals surface area contributed by atoms with Crippen molar-refractivity contribution >= 4 is 41.8 Å². The SMILES string of the molecule is CC(=O)O[C@@H]1[C@@H]2O[Si](C(C)(C)C)(C(C)(C)C)OC[C@H]2O[C@H]1n1cnc2c(OS(=O)(=O)c3c(C(C)C)cc(C(C)C)cc3C(C)C)nc(N)nc21. The first-order valence-corrected chi connectivity index (χ1v) is 20.5. The Morgan fingerprint density at radius 3 is 2.06 bits per heavy atom. The molecule has 0 amide bonds. The van der Waals surface area contributed by atoms with Crippen molar-refractivity contribution < 1.29 is 35.7 Å². The number of carbonyl (C=O) groups excluding carboxylic acids is 1. The number of fused-ring (bicyclic) bond motifs is 2. The summed E-state index contributed by atoms with van der Waals surface area (Å²) in [6.45, 7) is 26.1. The normalized spacial score (nSPS) is 22.8. The van der Waals surface area contributed by atoms with Crippen LogP contribution in [0.1, 0.15) is 131 Å². The molecule has 2 N–H and O–H groups in total. The lowest BCUT2D eigenvalue weighted by Crippen LogP contribution is -2.65. The second kappa shape index (κ2) is 13.1. The molecule has 2 aliphatic heterocycles. The monoisotopic (exact) mass is 731 g/mol. The van der Waals surface area contributed by atoms with Crippen molar-refractivity contribution in [1.29, 1.82) is 0 Å². The first-order chi connectivity index (χ1) is 23.0. The van der Waals surface area contributed by atoms with Gasteiger partial charge in [0.15, 0.2) is 23.5 Å². The molecule has 1 aromatic carbocycles. The van der Waals surface area contributed by atoms with E-state index in [-0.39, 0.29) is 62.3 Å². The molecule has 276 valence electrons. The van der Waals surface area contributed by atoms with Crippen molar-refractivity contribution in [1.82, 2.24) is 19.5 Å². The molecule has 15 heteroatoms. The number of nitrogens with two attached hydrogens (primary N) is 1. The molecule has 0 aliphatic carbocycles. The van der Waals surface area contributed by atoms with Gasteiger partial charge in [-0.2, -0.15) is 18.4 Å². The molecular weight excluding hydrogens is 679 g/mol. The summed E-state index contributed by atoms with van der Waals surface area (Å²) in [7, 11) is -7.41. The van der Waals surface area contributed by atoms with Crippen LogP contribution in [0.4, 0.5) is 5.95 Å². The van der Waals surface area contributed by atoms with Crippen LogP contribution in [0.15, 0.2) is 23.4 Å². The van der Waals surface area contributed by atoms with Crippen LogP contribution in [0.5, 0.6) is 5.88 Å². The summed E-state index contributed by atoms with van der Waals surface area (Å²) in [6.07, 6.45) is -1.64. The van der Waals surface area contributed by atoms with Crippen molar-refractivity contribution in [2.24, 2.45) is 0 Å². The number of nitrogens with zero attached hydrogens (tertiary/aromatic N) is 4. The fourth-order valence-electron chi connectivity index (χ4n) is 7.34. The molecular formula is C35H53N5O8SSi. The van der Waals surface area contributed by atoms with Gasteiger partial charge in [0.25, 0.3) is 5.88 Å². The Balaban J connectivity index is 1.59. The molecule has 4 heterocycles. The molecule has 2 saturated heterocycles. The molecule has 0 radical (unpaired) electrons. The second-order valence-corrected chi connectivity index (χ2v) is 22.6. The minimum Gasteiger partial charge on any atom is -0.455 e. The van der Waals surface area contributed by atoms with E-state index in [1.54, 1.807) is 4.57 Å². The zero-order valence-electron chi connectivity index (χ0n) is 31.5. The summed E-state index contributed by atoms with van der Waals surface area (Å²) in [5.41, 5.74) is 8.72. The van der Waals surface area contributed by atoms with Crippen LogP contribution in [0.2, 0.25) is 10.1 Å². The number of imidazole rings is 1. The molecule has 2 aromatic heterocycles. The van der Waals surface area contributed by atoms with E-state index in [9.17, 15) is 13.2 Å². The van der Waals surface area contributed by atoms with E-state index in [4.69, 9.17) is 28.2 Å². The second-order valence-electron chi connectivity index (χ2n) is 16.4. The Morgan fingerprint density at radius 2 is 1.56 bits per heavy atom. The summed E-state index contributed by atoms with van der Waals surface area (Å²) >= 11 is 0. The minimum atomic E-state index is -4.44. The van der Waals surface area contributed by atoms with Crippen molar-refractivity contribution in [2.75, 3.05) is 12.3 Å². The van der Waals surface area contributed by atoms with Gasteiger partial charge in [0.2, 0.25) is 5.95 Å². The molecule has 4 atom stereocenters. The lowest BCUT2D eigenvalue weighted by atomic mass is 9.89. The van der Waals surface area contributed by atoms with Crippen molar-refractivity contribution in [3.05, 3.63) is 35.2 Å². The highest BCUT2D eigenvalue weighted by molar-refractivity contribution is 7.87. The largest absolute Gasteiger partial charge is 0.455 e. The molecule has 0 saturated carbocycles. The minimum absolute atomic E-state index is 0.0455. The van der Waals surface area contributed by atoms with Crippen molar-refractivity contribution in [3.8, 4) is 5.88 Å². The Kier molecular flexibility index (Phi) is 10.0. The topological polar surface area (TPSA) is 167 Å². The average molecular weight is 732 g/mol. The lowest BCUT2D eigenvalue weighted by molar-refractivity contribution is -0.155. The standard InChI is InChI=1S/C35H53N5O8SSi/c1-18(2)22-14-23(19(3)4)29(24(15-22)20(5)6)49(42,43)47-31-26-30(38-33(36)39-31)40(17-37-26)32-28(45-21(7)41)27-25(46-32)16-44-50(48-27,34(8,9)10)35(11,12)13/h14-15,17-20,25,27-28,32H,16H2,1-13H3,(H2,36,38,39)/t25-,27-,28-,32-/m1/s1. The summed E-state index contributed by atoms with van der Waals surface area (Å²) in [4.78, 5) is 25.7. The van der Waals surface area contributed by atoms with Gasteiger partial charge in [0.05, 0.1) is 12.9 Å². The maximum atomic E-state index is 14.3. The highest BCUT2D eigenvalue weighted by atomic mass is 32.2. The van der Waals surface area contributed by atoms with Crippen LogP contribution in [0, 0.1) is 0 Å². The van der Waals surface area contributed by atoms with E-state index in [1.165, 1.54) is 13.3 Å². The molecule has 0 bridgehead atoms. The smallest absolute Gasteiger partial charge is 0.349 e. The number of rotatable bonds is 8. The molecule has 13 nitrogen and oxygen atoms in total. The third-order valence-electron chi connectivity index (χ3n) is 9.51. The molecule has 2 fully saturated rings. The first kappa shape index (κ1) is 38.1. The zero-order chi connectivity index (χ0) is 37.3. The van der Waals surface area contributed by atoms with Gasteiger partial charge in [-0.3, -0.25) is 9.36 Å². The van der Waals surface area contributed by atoms with Crippen molar-refractivity contribution in [3.63, 3.8) is 0 Å². The van der Waals surface area contributed by atoms with E-state index in [2.05, 4.69) is 70.3 Å². The Morgan fingerprint density at radius 1 is 0.980 bits per heavy atom. The Labute approximate surface area is 297 Å². The highest BCUT2D eigenvalue weighted by Gasteiger charge is 2.65. The van der Waals surface area contributed by atoms with Crippen LogP contribution >= 0.6 is 0 Å². The zero-order valence-corrected chi connectivity index (χ0v) is 33.3. The van der Waals surface area contributed by atoms with Crippen molar-refractivity contribution in [2.45, 2.75) is 147 Å². The maximum absolute atomic E-state index is 14.3. The van der Waals surface area contributed by atoms with Gasteiger partial charge in [-0.05, 0) is 34.4 Å². The third kappa shape index (κ3) is 6.67. The molecule has 5 rings (SSSR count).